The second-order valence-corrected chi connectivity index (χ2v) is 7.52. The molecule has 3 aromatic carbocycles. The molecule has 4 rings (SSSR count). The molecule has 1 heterocycles. The van der Waals surface area contributed by atoms with E-state index < -0.39 is 17.7 Å². The number of anilines is 1. The first kappa shape index (κ1) is 22.7. The van der Waals surface area contributed by atoms with E-state index in [1.54, 1.807) is 54.6 Å². The van der Waals surface area contributed by atoms with Crippen molar-refractivity contribution in [1.82, 2.24) is 0 Å². The zero-order chi connectivity index (χ0) is 24.4. The fourth-order valence-corrected chi connectivity index (χ4v) is 3.95. The van der Waals surface area contributed by atoms with Gasteiger partial charge in [0.05, 0.1) is 38.5 Å². The van der Waals surface area contributed by atoms with Crippen molar-refractivity contribution in [2.45, 2.75) is 6.04 Å². The van der Waals surface area contributed by atoms with E-state index in [2.05, 4.69) is 0 Å². The van der Waals surface area contributed by atoms with Crippen molar-refractivity contribution in [3.8, 4) is 23.0 Å². The number of phenolic OH excluding ortho intramolecular Hbond substituents is 1. The molecule has 1 unspecified atom stereocenters. The lowest BCUT2D eigenvalue weighted by Crippen LogP contribution is -2.29. The minimum Gasteiger partial charge on any atom is -0.508 e. The van der Waals surface area contributed by atoms with Crippen LogP contribution in [0.2, 0.25) is 0 Å². The van der Waals surface area contributed by atoms with Crippen LogP contribution in [-0.4, -0.2) is 43.2 Å². The minimum atomic E-state index is -0.944. The zero-order valence-electron chi connectivity index (χ0n) is 18.8. The highest BCUT2D eigenvalue weighted by Crippen LogP contribution is 2.44. The first-order valence-corrected chi connectivity index (χ1v) is 10.4. The summed E-state index contributed by atoms with van der Waals surface area (Å²) in [5, 5.41) is 21.1. The van der Waals surface area contributed by atoms with Crippen LogP contribution in [0.4, 0.5) is 5.69 Å². The molecule has 1 aliphatic heterocycles. The summed E-state index contributed by atoms with van der Waals surface area (Å²) in [5.74, 6) is -0.626. The zero-order valence-corrected chi connectivity index (χ0v) is 18.8. The fraction of sp³-hybridized carbons (Fsp3) is 0.154. The first-order valence-electron chi connectivity index (χ1n) is 10.4. The van der Waals surface area contributed by atoms with Crippen molar-refractivity contribution in [1.29, 1.82) is 0 Å². The maximum absolute atomic E-state index is 13.3. The summed E-state index contributed by atoms with van der Waals surface area (Å²) in [5.41, 5.74) is 1.11. The number of hydrogen-bond acceptors (Lipinski definition) is 7. The summed E-state index contributed by atoms with van der Waals surface area (Å²) in [7, 11) is 4.46. The predicted octanol–water partition coefficient (Wildman–Crippen LogP) is 4.04. The summed E-state index contributed by atoms with van der Waals surface area (Å²) in [4.78, 5) is 27.8. The van der Waals surface area contributed by atoms with E-state index in [0.29, 0.717) is 22.7 Å². The van der Waals surface area contributed by atoms with E-state index in [9.17, 15) is 19.8 Å². The molecule has 1 atom stereocenters. The van der Waals surface area contributed by atoms with E-state index in [1.165, 1.54) is 38.4 Å². The quantitative estimate of drug-likeness (QED) is 0.324. The van der Waals surface area contributed by atoms with Gasteiger partial charge in [0.2, 0.25) is 0 Å². The van der Waals surface area contributed by atoms with Gasteiger partial charge in [-0.15, -0.1) is 0 Å². The monoisotopic (exact) mass is 461 g/mol. The Morgan fingerprint density at radius 1 is 0.824 bits per heavy atom. The smallest absolute Gasteiger partial charge is 0.300 e. The number of aliphatic hydroxyl groups is 1. The molecule has 0 bridgehead atoms. The molecule has 1 fully saturated rings. The van der Waals surface area contributed by atoms with Crippen molar-refractivity contribution >= 4 is 23.1 Å². The standard InChI is InChI=1S/C26H23NO7/c1-32-18-10-6-16(7-11-18)27-23(15-4-8-17(28)9-5-15)22(25(30)26(27)31)24(29)20-13-12-19(33-2)14-21(20)34-3/h4-14,23,28-29H,1-3H3/b24-22-. The molecule has 3 aromatic rings. The van der Waals surface area contributed by atoms with Gasteiger partial charge in [0, 0.05) is 11.8 Å². The molecule has 0 aliphatic carbocycles. The van der Waals surface area contributed by atoms with Gasteiger partial charge in [0.1, 0.15) is 28.8 Å². The molecule has 2 N–H and O–H groups in total. The molecular formula is C26H23NO7. The van der Waals surface area contributed by atoms with Crippen LogP contribution >= 0.6 is 0 Å². The van der Waals surface area contributed by atoms with Gasteiger partial charge in [-0.05, 0) is 54.1 Å². The fourth-order valence-electron chi connectivity index (χ4n) is 3.95. The largest absolute Gasteiger partial charge is 0.508 e. The number of carbonyl (C=O) groups excluding carboxylic acids is 2. The van der Waals surface area contributed by atoms with Gasteiger partial charge >= 0.3 is 0 Å². The number of rotatable bonds is 6. The number of nitrogens with zero attached hydrogens (tertiary/aromatic N) is 1. The third-order valence-electron chi connectivity index (χ3n) is 5.67. The van der Waals surface area contributed by atoms with Gasteiger partial charge in [-0.1, -0.05) is 12.1 Å². The molecule has 8 heteroatoms. The number of methoxy groups -OCH3 is 3. The number of aromatic hydroxyl groups is 1. The summed E-state index contributed by atoms with van der Waals surface area (Å²) < 4.78 is 15.8. The number of amides is 1. The Bertz CT molecular complexity index is 1260. The number of aliphatic hydroxyl groups excluding tert-OH is 1. The Kier molecular flexibility index (Phi) is 6.14. The molecule has 34 heavy (non-hydrogen) atoms. The summed E-state index contributed by atoms with van der Waals surface area (Å²) in [6.45, 7) is 0. The maximum Gasteiger partial charge on any atom is 0.300 e. The highest BCUT2D eigenvalue weighted by Gasteiger charge is 2.47. The van der Waals surface area contributed by atoms with Gasteiger partial charge in [-0.2, -0.15) is 0 Å². The number of carbonyl (C=O) groups is 2. The van der Waals surface area contributed by atoms with Crippen molar-refractivity contribution in [2.24, 2.45) is 0 Å². The Labute approximate surface area is 196 Å². The highest BCUT2D eigenvalue weighted by molar-refractivity contribution is 6.51. The van der Waals surface area contributed by atoms with Crippen LogP contribution in [0.25, 0.3) is 5.76 Å². The lowest BCUT2D eigenvalue weighted by atomic mass is 9.94. The van der Waals surface area contributed by atoms with E-state index in [4.69, 9.17) is 14.2 Å². The van der Waals surface area contributed by atoms with Gasteiger partial charge < -0.3 is 24.4 Å². The molecule has 8 nitrogen and oxygen atoms in total. The molecule has 0 saturated carbocycles. The minimum absolute atomic E-state index is 0.0296. The number of benzene rings is 3. The first-order chi connectivity index (χ1) is 16.4. The SMILES string of the molecule is COc1ccc(N2C(=O)C(=O)/C(=C(\O)c3ccc(OC)cc3OC)C2c2ccc(O)cc2)cc1. The Morgan fingerprint density at radius 2 is 1.44 bits per heavy atom. The third-order valence-corrected chi connectivity index (χ3v) is 5.67. The molecule has 1 amide bonds. The number of ketones is 1. The normalized spacial score (nSPS) is 17.0. The van der Waals surface area contributed by atoms with Crippen LogP contribution in [0, 0.1) is 0 Å². The summed E-state index contributed by atoms with van der Waals surface area (Å²) in [6.07, 6.45) is 0. The average Bonchev–Trinajstić information content (AvgIpc) is 3.13. The van der Waals surface area contributed by atoms with Crippen LogP contribution in [-0.2, 0) is 9.59 Å². The second-order valence-electron chi connectivity index (χ2n) is 7.52. The maximum atomic E-state index is 13.3. The number of hydrogen-bond donors (Lipinski definition) is 2. The van der Waals surface area contributed by atoms with Crippen molar-refractivity contribution in [3.63, 3.8) is 0 Å². The number of ether oxygens (including phenoxy) is 3. The highest BCUT2D eigenvalue weighted by atomic mass is 16.5. The van der Waals surface area contributed by atoms with Crippen molar-refractivity contribution in [2.75, 3.05) is 26.2 Å². The second kappa shape index (κ2) is 9.19. The van der Waals surface area contributed by atoms with Gasteiger partial charge in [-0.3, -0.25) is 14.5 Å². The lowest BCUT2D eigenvalue weighted by Gasteiger charge is -2.25. The van der Waals surface area contributed by atoms with Crippen molar-refractivity contribution < 1.29 is 34.0 Å². The molecule has 1 saturated heterocycles. The lowest BCUT2D eigenvalue weighted by molar-refractivity contribution is -0.132. The molecular weight excluding hydrogens is 438 g/mol. The van der Waals surface area contributed by atoms with E-state index in [-0.39, 0.29) is 28.4 Å². The average molecular weight is 461 g/mol. The molecule has 0 radical (unpaired) electrons. The van der Waals surface area contributed by atoms with Gasteiger partial charge in [-0.25, -0.2) is 0 Å². The number of phenols is 1. The van der Waals surface area contributed by atoms with Crippen LogP contribution in [0.1, 0.15) is 17.2 Å². The summed E-state index contributed by atoms with van der Waals surface area (Å²) >= 11 is 0. The van der Waals surface area contributed by atoms with E-state index in [1.807, 2.05) is 0 Å². The van der Waals surface area contributed by atoms with Crippen LogP contribution in [0.5, 0.6) is 23.0 Å². The topological polar surface area (TPSA) is 106 Å². The molecule has 0 spiro atoms. The van der Waals surface area contributed by atoms with E-state index in [0.717, 1.165) is 0 Å². The Hall–Kier alpha value is -4.46. The van der Waals surface area contributed by atoms with Crippen LogP contribution in [0.3, 0.4) is 0 Å². The van der Waals surface area contributed by atoms with Gasteiger partial charge in [0.25, 0.3) is 11.7 Å². The third kappa shape index (κ3) is 3.90. The van der Waals surface area contributed by atoms with Crippen LogP contribution in [0.15, 0.2) is 72.3 Å². The summed E-state index contributed by atoms with van der Waals surface area (Å²) in [6, 6.07) is 16.6. The molecule has 0 aromatic heterocycles. The Balaban J connectivity index is 1.94. The Morgan fingerprint density at radius 3 is 2.03 bits per heavy atom. The van der Waals surface area contributed by atoms with Gasteiger partial charge in [0.15, 0.2) is 0 Å². The van der Waals surface area contributed by atoms with Crippen molar-refractivity contribution in [3.05, 3.63) is 83.4 Å². The van der Waals surface area contributed by atoms with Crippen LogP contribution < -0.4 is 19.1 Å². The van der Waals surface area contributed by atoms with E-state index >= 15 is 0 Å². The number of Topliss-reactive ketones (excluding diaryl/α,β-unsaturated/α-hetero) is 1. The molecule has 1 aliphatic rings. The predicted molar refractivity (Wildman–Crippen MR) is 125 cm³/mol. The molecule has 174 valence electrons.